The van der Waals surface area contributed by atoms with Crippen LogP contribution < -0.4 is 10.3 Å². The zero-order valence-corrected chi connectivity index (χ0v) is 14.1. The van der Waals surface area contributed by atoms with E-state index in [9.17, 15) is 19.7 Å². The number of carbonyl (C=O) groups is 1. The smallest absolute Gasteiger partial charge is 0.331 e. The molecule has 0 spiro atoms. The highest BCUT2D eigenvalue weighted by molar-refractivity contribution is 5.81. The zero-order valence-electron chi connectivity index (χ0n) is 14.1. The van der Waals surface area contributed by atoms with Crippen LogP contribution in [0.15, 0.2) is 47.5 Å². The minimum absolute atomic E-state index is 0.0601. The number of aryl methyl sites for hydroxylation is 2. The third-order valence-electron chi connectivity index (χ3n) is 3.95. The first kappa shape index (κ1) is 17.3. The summed E-state index contributed by atoms with van der Waals surface area (Å²) in [6.45, 7) is 3.09. The molecule has 1 aromatic heterocycles. The van der Waals surface area contributed by atoms with Gasteiger partial charge in [0.1, 0.15) is 12.3 Å². The first-order valence-corrected chi connectivity index (χ1v) is 7.77. The Kier molecular flexibility index (Phi) is 4.49. The molecule has 8 nitrogen and oxygen atoms in total. The van der Waals surface area contributed by atoms with Gasteiger partial charge in [-0.1, -0.05) is 12.1 Å². The highest BCUT2D eigenvalue weighted by Crippen LogP contribution is 2.23. The fraction of sp³-hybridized carbons (Fsp3) is 0.167. The van der Waals surface area contributed by atoms with E-state index in [1.807, 2.05) is 13.0 Å². The van der Waals surface area contributed by atoms with Crippen molar-refractivity contribution >= 4 is 22.6 Å². The van der Waals surface area contributed by atoms with Crippen LogP contribution in [0.3, 0.4) is 0 Å². The summed E-state index contributed by atoms with van der Waals surface area (Å²) in [7, 11) is 0. The van der Waals surface area contributed by atoms with Crippen molar-refractivity contribution in [1.29, 1.82) is 0 Å². The fourth-order valence-corrected chi connectivity index (χ4v) is 2.65. The molecule has 0 unspecified atom stereocenters. The van der Waals surface area contributed by atoms with Gasteiger partial charge in [0.25, 0.3) is 11.2 Å². The molecule has 0 atom stereocenters. The maximum atomic E-state index is 12.5. The molecule has 0 radical (unpaired) electrons. The van der Waals surface area contributed by atoms with Crippen molar-refractivity contribution in [2.24, 2.45) is 0 Å². The molecule has 0 aliphatic heterocycles. The quantitative estimate of drug-likeness (QED) is 0.309. The first-order valence-electron chi connectivity index (χ1n) is 7.77. The maximum Gasteiger partial charge on any atom is 0.331 e. The van der Waals surface area contributed by atoms with Gasteiger partial charge in [0, 0.05) is 11.6 Å². The van der Waals surface area contributed by atoms with Gasteiger partial charge in [-0.05, 0) is 37.6 Å². The molecule has 0 N–H and O–H groups in total. The molecule has 0 fully saturated rings. The second kappa shape index (κ2) is 6.75. The largest absolute Gasteiger partial charge is 0.425 e. The second-order valence-corrected chi connectivity index (χ2v) is 5.83. The Morgan fingerprint density at radius 2 is 2.00 bits per heavy atom. The van der Waals surface area contributed by atoms with Crippen LogP contribution in [-0.4, -0.2) is 20.4 Å². The third-order valence-corrected chi connectivity index (χ3v) is 3.95. The van der Waals surface area contributed by atoms with E-state index in [-0.39, 0.29) is 23.5 Å². The van der Waals surface area contributed by atoms with Gasteiger partial charge < -0.3 is 4.74 Å². The summed E-state index contributed by atoms with van der Waals surface area (Å²) in [4.78, 5) is 39.1. The number of hydrogen-bond acceptors (Lipinski definition) is 6. The monoisotopic (exact) mass is 353 g/mol. The lowest BCUT2D eigenvalue weighted by Crippen LogP contribution is -2.27. The van der Waals surface area contributed by atoms with Crippen molar-refractivity contribution < 1.29 is 14.5 Å². The second-order valence-electron chi connectivity index (χ2n) is 5.83. The average molecular weight is 353 g/mol. The lowest BCUT2D eigenvalue weighted by molar-refractivity contribution is -0.385. The molecule has 3 rings (SSSR count). The van der Waals surface area contributed by atoms with Crippen molar-refractivity contribution in [2.75, 3.05) is 0 Å². The summed E-state index contributed by atoms with van der Waals surface area (Å²) in [5, 5.41) is 11.2. The molecule has 2 aromatic carbocycles. The van der Waals surface area contributed by atoms with Crippen molar-refractivity contribution in [3.63, 3.8) is 0 Å². The molecule has 0 aliphatic carbocycles. The van der Waals surface area contributed by atoms with Gasteiger partial charge in [0.05, 0.1) is 22.2 Å². The van der Waals surface area contributed by atoms with Crippen LogP contribution in [-0.2, 0) is 11.3 Å². The average Bonchev–Trinajstić information content (AvgIpc) is 2.57. The minimum Gasteiger partial charge on any atom is -0.425 e. The van der Waals surface area contributed by atoms with Crippen LogP contribution >= 0.6 is 0 Å². The van der Waals surface area contributed by atoms with E-state index in [0.29, 0.717) is 16.5 Å². The lowest BCUT2D eigenvalue weighted by atomic mass is 10.1. The van der Waals surface area contributed by atoms with Crippen LogP contribution in [0.4, 0.5) is 5.69 Å². The van der Waals surface area contributed by atoms with Crippen LogP contribution in [0.25, 0.3) is 10.9 Å². The Bertz CT molecular complexity index is 1090. The predicted molar refractivity (Wildman–Crippen MR) is 94.2 cm³/mol. The Balaban J connectivity index is 1.82. The zero-order chi connectivity index (χ0) is 18.8. The third kappa shape index (κ3) is 3.30. The SMILES string of the molecule is Cc1cc(OC(=O)Cn2cnc3c(C)cccc3c2=O)ccc1[N+](=O)[O-]. The summed E-state index contributed by atoms with van der Waals surface area (Å²) in [6, 6.07) is 9.27. The molecule has 0 aliphatic rings. The van der Waals surface area contributed by atoms with E-state index < -0.39 is 10.9 Å². The molecule has 3 aromatic rings. The topological polar surface area (TPSA) is 104 Å². The van der Waals surface area contributed by atoms with Crippen LogP contribution in [0.2, 0.25) is 0 Å². The molecule has 26 heavy (non-hydrogen) atoms. The molecule has 0 saturated heterocycles. The predicted octanol–water partition coefficient (Wildman–Crippen LogP) is 2.53. The van der Waals surface area contributed by atoms with E-state index in [1.54, 1.807) is 19.1 Å². The number of benzene rings is 2. The van der Waals surface area contributed by atoms with E-state index in [0.717, 1.165) is 5.56 Å². The number of carbonyl (C=O) groups excluding carboxylic acids is 1. The molecule has 1 heterocycles. The number of nitro benzene ring substituents is 1. The van der Waals surface area contributed by atoms with Crippen LogP contribution in [0.5, 0.6) is 5.75 Å². The van der Waals surface area contributed by atoms with Gasteiger partial charge in [-0.15, -0.1) is 0 Å². The Labute approximate surface area is 147 Å². The summed E-state index contributed by atoms with van der Waals surface area (Å²) in [5.41, 5.74) is 1.44. The highest BCUT2D eigenvalue weighted by Gasteiger charge is 2.14. The van der Waals surface area contributed by atoms with E-state index in [1.165, 1.54) is 29.1 Å². The number of esters is 1. The standard InChI is InChI=1S/C18H15N3O5/c1-11-4-3-5-14-17(11)19-10-20(18(14)23)9-16(22)26-13-6-7-15(21(24)25)12(2)8-13/h3-8,10H,9H2,1-2H3. The van der Waals surface area contributed by atoms with Gasteiger partial charge in [0.15, 0.2) is 0 Å². The van der Waals surface area contributed by atoms with Gasteiger partial charge >= 0.3 is 5.97 Å². The van der Waals surface area contributed by atoms with Gasteiger partial charge in [-0.2, -0.15) is 0 Å². The molecule has 0 saturated carbocycles. The van der Waals surface area contributed by atoms with Crippen LogP contribution in [0.1, 0.15) is 11.1 Å². The molecular formula is C18H15N3O5. The fourth-order valence-electron chi connectivity index (χ4n) is 2.65. The van der Waals surface area contributed by atoms with Crippen molar-refractivity contribution in [2.45, 2.75) is 20.4 Å². The molecule has 132 valence electrons. The summed E-state index contributed by atoms with van der Waals surface area (Å²) >= 11 is 0. The van der Waals surface area contributed by atoms with Gasteiger partial charge in [-0.3, -0.25) is 19.5 Å². The Morgan fingerprint density at radius 1 is 1.23 bits per heavy atom. The number of ether oxygens (including phenoxy) is 1. The molecule has 0 amide bonds. The number of aromatic nitrogens is 2. The Morgan fingerprint density at radius 3 is 2.69 bits per heavy atom. The van der Waals surface area contributed by atoms with E-state index in [4.69, 9.17) is 4.74 Å². The van der Waals surface area contributed by atoms with Crippen molar-refractivity contribution in [3.05, 3.63) is 74.3 Å². The minimum atomic E-state index is -0.672. The number of para-hydroxylation sites is 1. The highest BCUT2D eigenvalue weighted by atomic mass is 16.6. The number of nitrogens with zero attached hydrogens (tertiary/aromatic N) is 3. The van der Waals surface area contributed by atoms with E-state index in [2.05, 4.69) is 4.98 Å². The molecular weight excluding hydrogens is 338 g/mol. The number of hydrogen-bond donors (Lipinski definition) is 0. The normalized spacial score (nSPS) is 10.7. The number of nitro groups is 1. The van der Waals surface area contributed by atoms with E-state index >= 15 is 0 Å². The lowest BCUT2D eigenvalue weighted by Gasteiger charge is -2.08. The van der Waals surface area contributed by atoms with Crippen molar-refractivity contribution in [3.8, 4) is 5.75 Å². The summed E-state index contributed by atoms with van der Waals surface area (Å²) < 4.78 is 6.34. The van der Waals surface area contributed by atoms with Gasteiger partial charge in [0.2, 0.25) is 0 Å². The maximum absolute atomic E-state index is 12.5. The Hall–Kier alpha value is -3.55. The molecule has 8 heteroatoms. The van der Waals surface area contributed by atoms with Crippen molar-refractivity contribution in [1.82, 2.24) is 9.55 Å². The van der Waals surface area contributed by atoms with Crippen LogP contribution in [0, 0.1) is 24.0 Å². The number of fused-ring (bicyclic) bond motifs is 1. The summed E-state index contributed by atoms with van der Waals surface area (Å²) in [6.07, 6.45) is 1.31. The van der Waals surface area contributed by atoms with Gasteiger partial charge in [-0.25, -0.2) is 9.78 Å². The molecule has 0 bridgehead atoms. The summed E-state index contributed by atoms with van der Waals surface area (Å²) in [5.74, 6) is -0.495. The number of rotatable bonds is 4. The first-order chi connectivity index (χ1) is 12.4.